The van der Waals surface area contributed by atoms with Crippen molar-refractivity contribution in [2.45, 2.75) is 6.92 Å². The summed E-state index contributed by atoms with van der Waals surface area (Å²) in [4.78, 5) is 0. The van der Waals surface area contributed by atoms with Crippen LogP contribution in [0.25, 0.3) is 0 Å². The highest BCUT2D eigenvalue weighted by atomic mass is 35.5. The molecule has 0 atom stereocenters. The molecule has 3 nitrogen and oxygen atoms in total. The molecule has 0 heterocycles. The summed E-state index contributed by atoms with van der Waals surface area (Å²) in [5.41, 5.74) is 8.82. The fourth-order valence-corrected chi connectivity index (χ4v) is 1.60. The number of anilines is 1. The molecule has 0 aliphatic rings. The number of nitrogen functional groups attached to an aromatic ring is 1. The third kappa shape index (κ3) is 2.82. The number of nitrogens with zero attached hydrogens (tertiary/aromatic N) is 2. The summed E-state index contributed by atoms with van der Waals surface area (Å²) in [7, 11) is 0. The van der Waals surface area contributed by atoms with Crippen LogP contribution in [0.15, 0.2) is 52.7 Å². The second-order valence-corrected chi connectivity index (χ2v) is 4.10. The van der Waals surface area contributed by atoms with Gasteiger partial charge in [-0.25, -0.2) is 0 Å². The van der Waals surface area contributed by atoms with Gasteiger partial charge in [0, 0.05) is 5.69 Å². The molecular formula is C13H12ClN3. The molecular weight excluding hydrogens is 234 g/mol. The molecule has 2 aromatic rings. The zero-order valence-corrected chi connectivity index (χ0v) is 10.1. The van der Waals surface area contributed by atoms with Crippen LogP contribution in [0.5, 0.6) is 0 Å². The van der Waals surface area contributed by atoms with Crippen molar-refractivity contribution in [1.29, 1.82) is 0 Å². The smallest absolute Gasteiger partial charge is 0.104 e. The Kier molecular flexibility index (Phi) is 3.40. The van der Waals surface area contributed by atoms with Gasteiger partial charge < -0.3 is 5.73 Å². The van der Waals surface area contributed by atoms with E-state index >= 15 is 0 Å². The maximum Gasteiger partial charge on any atom is 0.104 e. The Labute approximate surface area is 105 Å². The van der Waals surface area contributed by atoms with Crippen molar-refractivity contribution in [2.75, 3.05) is 5.73 Å². The highest BCUT2D eigenvalue weighted by molar-refractivity contribution is 6.32. The van der Waals surface area contributed by atoms with Gasteiger partial charge >= 0.3 is 0 Å². The van der Waals surface area contributed by atoms with Crippen LogP contribution in [0.4, 0.5) is 17.1 Å². The van der Waals surface area contributed by atoms with Crippen LogP contribution in [0.2, 0.25) is 5.02 Å². The van der Waals surface area contributed by atoms with Gasteiger partial charge in [-0.15, -0.1) is 5.11 Å². The van der Waals surface area contributed by atoms with Crippen molar-refractivity contribution in [3.63, 3.8) is 0 Å². The lowest BCUT2D eigenvalue weighted by atomic mass is 10.2. The van der Waals surface area contributed by atoms with Crippen molar-refractivity contribution in [1.82, 2.24) is 0 Å². The quantitative estimate of drug-likeness (QED) is 0.608. The van der Waals surface area contributed by atoms with Crippen LogP contribution in [0, 0.1) is 6.92 Å². The fourth-order valence-electron chi connectivity index (χ4n) is 1.43. The molecule has 0 saturated heterocycles. The second kappa shape index (κ2) is 4.97. The van der Waals surface area contributed by atoms with E-state index in [9.17, 15) is 0 Å². The molecule has 0 fully saturated rings. The molecule has 0 aromatic heterocycles. The first-order valence-corrected chi connectivity index (χ1v) is 5.57. The Morgan fingerprint density at radius 1 is 1.00 bits per heavy atom. The molecule has 4 heteroatoms. The summed E-state index contributed by atoms with van der Waals surface area (Å²) in [6, 6.07) is 12.8. The molecule has 0 unspecified atom stereocenters. The van der Waals surface area contributed by atoms with Crippen LogP contribution in [-0.2, 0) is 0 Å². The first-order valence-electron chi connectivity index (χ1n) is 5.19. The first-order chi connectivity index (χ1) is 8.16. The number of azo groups is 1. The zero-order valence-electron chi connectivity index (χ0n) is 9.39. The SMILES string of the molecule is Cc1cc(N)ccc1/N=N/c1ccccc1Cl. The van der Waals surface area contributed by atoms with E-state index in [-0.39, 0.29) is 0 Å². The van der Waals surface area contributed by atoms with E-state index in [0.717, 1.165) is 16.9 Å². The molecule has 0 bridgehead atoms. The summed E-state index contributed by atoms with van der Waals surface area (Å²) in [6.45, 7) is 1.94. The van der Waals surface area contributed by atoms with E-state index in [1.165, 1.54) is 0 Å². The minimum Gasteiger partial charge on any atom is -0.399 e. The van der Waals surface area contributed by atoms with E-state index in [1.807, 2.05) is 37.3 Å². The molecule has 2 N–H and O–H groups in total. The summed E-state index contributed by atoms with van der Waals surface area (Å²) in [6.07, 6.45) is 0. The number of hydrogen-bond donors (Lipinski definition) is 1. The van der Waals surface area contributed by atoms with Gasteiger partial charge in [0.25, 0.3) is 0 Å². The topological polar surface area (TPSA) is 50.7 Å². The Hall–Kier alpha value is -1.87. The van der Waals surface area contributed by atoms with Crippen molar-refractivity contribution in [2.24, 2.45) is 10.2 Å². The van der Waals surface area contributed by atoms with Crippen LogP contribution >= 0.6 is 11.6 Å². The van der Waals surface area contributed by atoms with E-state index in [2.05, 4.69) is 10.2 Å². The third-order valence-corrected chi connectivity index (χ3v) is 2.66. The van der Waals surface area contributed by atoms with Crippen molar-refractivity contribution >= 4 is 28.7 Å². The molecule has 0 aliphatic carbocycles. The predicted octanol–water partition coefficient (Wildman–Crippen LogP) is 4.65. The number of hydrogen-bond acceptors (Lipinski definition) is 3. The number of nitrogens with two attached hydrogens (primary N) is 1. The van der Waals surface area contributed by atoms with Gasteiger partial charge in [-0.3, -0.25) is 0 Å². The van der Waals surface area contributed by atoms with Crippen LogP contribution in [0.3, 0.4) is 0 Å². The molecule has 17 heavy (non-hydrogen) atoms. The lowest BCUT2D eigenvalue weighted by molar-refractivity contribution is 1.21. The number of aryl methyl sites for hydroxylation is 1. The Morgan fingerprint density at radius 3 is 2.41 bits per heavy atom. The fraction of sp³-hybridized carbons (Fsp3) is 0.0769. The molecule has 86 valence electrons. The Morgan fingerprint density at radius 2 is 1.71 bits per heavy atom. The molecule has 2 rings (SSSR count). The van der Waals surface area contributed by atoms with Crippen LogP contribution in [0.1, 0.15) is 5.56 Å². The van der Waals surface area contributed by atoms with Crippen molar-refractivity contribution in [3.8, 4) is 0 Å². The largest absolute Gasteiger partial charge is 0.399 e. The maximum absolute atomic E-state index is 5.98. The highest BCUT2D eigenvalue weighted by Gasteiger charge is 1.99. The van der Waals surface area contributed by atoms with Gasteiger partial charge in [0.15, 0.2) is 0 Å². The summed E-state index contributed by atoms with van der Waals surface area (Å²) < 4.78 is 0. The highest BCUT2D eigenvalue weighted by Crippen LogP contribution is 2.27. The predicted molar refractivity (Wildman–Crippen MR) is 71.2 cm³/mol. The molecule has 0 saturated carbocycles. The number of rotatable bonds is 2. The Balaban J connectivity index is 2.29. The third-order valence-electron chi connectivity index (χ3n) is 2.34. The molecule has 0 aliphatic heterocycles. The number of halogens is 1. The molecule has 0 amide bonds. The van der Waals surface area contributed by atoms with Crippen LogP contribution < -0.4 is 5.73 Å². The van der Waals surface area contributed by atoms with Gasteiger partial charge in [-0.05, 0) is 42.8 Å². The van der Waals surface area contributed by atoms with Crippen LogP contribution in [-0.4, -0.2) is 0 Å². The van der Waals surface area contributed by atoms with Crippen molar-refractivity contribution < 1.29 is 0 Å². The average molecular weight is 246 g/mol. The lowest BCUT2D eigenvalue weighted by Crippen LogP contribution is -1.84. The zero-order chi connectivity index (χ0) is 12.3. The summed E-state index contributed by atoms with van der Waals surface area (Å²) in [5.74, 6) is 0. The maximum atomic E-state index is 5.98. The van der Waals surface area contributed by atoms with Crippen molar-refractivity contribution in [3.05, 3.63) is 53.1 Å². The van der Waals surface area contributed by atoms with Gasteiger partial charge in [-0.1, -0.05) is 23.7 Å². The van der Waals surface area contributed by atoms with E-state index in [1.54, 1.807) is 12.1 Å². The second-order valence-electron chi connectivity index (χ2n) is 3.70. The first kappa shape index (κ1) is 11.6. The van der Waals surface area contributed by atoms with E-state index in [0.29, 0.717) is 10.7 Å². The van der Waals surface area contributed by atoms with E-state index in [4.69, 9.17) is 17.3 Å². The van der Waals surface area contributed by atoms with Gasteiger partial charge in [0.05, 0.1) is 10.7 Å². The van der Waals surface area contributed by atoms with Gasteiger partial charge in [-0.2, -0.15) is 5.11 Å². The molecule has 0 spiro atoms. The minimum atomic E-state index is 0.587. The summed E-state index contributed by atoms with van der Waals surface area (Å²) >= 11 is 5.98. The average Bonchev–Trinajstić information content (AvgIpc) is 2.30. The molecule has 0 radical (unpaired) electrons. The standard InChI is InChI=1S/C13H12ClN3/c1-9-8-10(15)6-7-12(9)16-17-13-5-3-2-4-11(13)14/h2-8H,15H2,1H3/b17-16+. The Bertz CT molecular complexity index is 564. The lowest BCUT2D eigenvalue weighted by Gasteiger charge is -2.00. The van der Waals surface area contributed by atoms with Gasteiger partial charge in [0.2, 0.25) is 0 Å². The van der Waals surface area contributed by atoms with Gasteiger partial charge in [0.1, 0.15) is 5.69 Å². The normalized spacial score (nSPS) is 10.9. The number of benzene rings is 2. The minimum absolute atomic E-state index is 0.587. The monoisotopic (exact) mass is 245 g/mol. The molecule has 2 aromatic carbocycles. The summed E-state index contributed by atoms with van der Waals surface area (Å²) in [5, 5.41) is 8.87. The van der Waals surface area contributed by atoms with E-state index < -0.39 is 0 Å².